The predicted octanol–water partition coefficient (Wildman–Crippen LogP) is 3.66. The zero-order valence-electron chi connectivity index (χ0n) is 11.8. The van der Waals surface area contributed by atoms with Gasteiger partial charge in [-0.15, -0.1) is 17.9 Å². The molecular formula is C14H12Cl2N2O3S2. The Bertz CT molecular complexity index is 847. The molecule has 0 unspecified atom stereocenters. The van der Waals surface area contributed by atoms with Gasteiger partial charge in [0.05, 0.1) is 16.5 Å². The van der Waals surface area contributed by atoms with Crippen LogP contribution >= 0.6 is 34.5 Å². The Morgan fingerprint density at radius 2 is 2.13 bits per heavy atom. The van der Waals surface area contributed by atoms with Crippen molar-refractivity contribution in [2.75, 3.05) is 16.8 Å². The van der Waals surface area contributed by atoms with E-state index in [-0.39, 0.29) is 5.75 Å². The number of aromatic nitrogens is 1. The maximum atomic E-state index is 11.8. The van der Waals surface area contributed by atoms with E-state index in [0.29, 0.717) is 26.4 Å². The molecule has 0 bridgehead atoms. The smallest absolute Gasteiger partial charge is 0.241 e. The summed E-state index contributed by atoms with van der Waals surface area (Å²) in [7, 11) is -3.50. The molecule has 1 aromatic heterocycles. The summed E-state index contributed by atoms with van der Waals surface area (Å²) in [6.07, 6.45) is 1.24. The van der Waals surface area contributed by atoms with Crippen molar-refractivity contribution in [3.05, 3.63) is 46.3 Å². The molecule has 2 aromatic rings. The molecule has 9 heteroatoms. The normalized spacial score (nSPS) is 11.2. The number of carbonyl (C=O) groups excluding carboxylic acids is 1. The Balaban J connectivity index is 2.11. The summed E-state index contributed by atoms with van der Waals surface area (Å²) in [4.78, 5) is 16.0. The van der Waals surface area contributed by atoms with Crippen LogP contribution in [0.25, 0.3) is 11.3 Å². The minimum atomic E-state index is -3.50. The lowest BCUT2D eigenvalue weighted by Crippen LogP contribution is -2.24. The van der Waals surface area contributed by atoms with Crippen LogP contribution in [0.1, 0.15) is 0 Å². The molecule has 0 spiro atoms. The molecule has 0 saturated carbocycles. The third-order valence-electron chi connectivity index (χ3n) is 2.68. The summed E-state index contributed by atoms with van der Waals surface area (Å²) in [5, 5.41) is 5.42. The highest BCUT2D eigenvalue weighted by atomic mass is 35.5. The number of sulfone groups is 1. The minimum absolute atomic E-state index is 0.246. The van der Waals surface area contributed by atoms with Gasteiger partial charge in [0.15, 0.2) is 15.0 Å². The molecule has 0 radical (unpaired) electrons. The Labute approximate surface area is 147 Å². The average Bonchev–Trinajstić information content (AvgIpc) is 2.85. The Hall–Kier alpha value is -1.41. The number of anilines is 1. The third kappa shape index (κ3) is 5.04. The van der Waals surface area contributed by atoms with E-state index in [1.165, 1.54) is 17.4 Å². The lowest BCUT2D eigenvalue weighted by molar-refractivity contribution is -0.113. The van der Waals surface area contributed by atoms with Crippen molar-refractivity contribution in [3.8, 4) is 11.3 Å². The fourth-order valence-corrected chi connectivity index (χ4v) is 3.93. The number of benzene rings is 1. The monoisotopic (exact) mass is 390 g/mol. The molecule has 5 nitrogen and oxygen atoms in total. The minimum Gasteiger partial charge on any atom is -0.301 e. The number of nitrogens with one attached hydrogen (secondary N) is 1. The van der Waals surface area contributed by atoms with E-state index in [1.807, 2.05) is 0 Å². The summed E-state index contributed by atoms with van der Waals surface area (Å²) in [5.41, 5.74) is 1.24. The van der Waals surface area contributed by atoms with E-state index in [2.05, 4.69) is 16.9 Å². The van der Waals surface area contributed by atoms with Crippen LogP contribution in [0.5, 0.6) is 0 Å². The van der Waals surface area contributed by atoms with Crippen molar-refractivity contribution in [3.63, 3.8) is 0 Å². The van der Waals surface area contributed by atoms with Crippen LogP contribution in [0.3, 0.4) is 0 Å². The van der Waals surface area contributed by atoms with Gasteiger partial charge in [-0.3, -0.25) is 4.79 Å². The van der Waals surface area contributed by atoms with Gasteiger partial charge in [0.25, 0.3) is 0 Å². The molecule has 0 aliphatic rings. The molecule has 0 aliphatic carbocycles. The lowest BCUT2D eigenvalue weighted by atomic mass is 10.2. The van der Waals surface area contributed by atoms with Crippen LogP contribution in [0.2, 0.25) is 10.0 Å². The summed E-state index contributed by atoms with van der Waals surface area (Å²) in [6.45, 7) is 3.35. The van der Waals surface area contributed by atoms with Gasteiger partial charge in [-0.1, -0.05) is 29.3 Å². The molecule has 1 heterocycles. The fourth-order valence-electron chi connectivity index (χ4n) is 1.75. The van der Waals surface area contributed by atoms with Crippen molar-refractivity contribution >= 4 is 55.4 Å². The van der Waals surface area contributed by atoms with Crippen LogP contribution in [-0.4, -0.2) is 30.8 Å². The van der Waals surface area contributed by atoms with Crippen molar-refractivity contribution < 1.29 is 13.2 Å². The van der Waals surface area contributed by atoms with E-state index in [9.17, 15) is 13.2 Å². The quantitative estimate of drug-likeness (QED) is 0.763. The van der Waals surface area contributed by atoms with Gasteiger partial charge in [0.2, 0.25) is 5.91 Å². The zero-order chi connectivity index (χ0) is 17.0. The molecule has 23 heavy (non-hydrogen) atoms. The molecule has 2 rings (SSSR count). The molecule has 0 fully saturated rings. The average molecular weight is 391 g/mol. The number of rotatable bonds is 6. The van der Waals surface area contributed by atoms with E-state index in [4.69, 9.17) is 23.2 Å². The number of halogens is 2. The van der Waals surface area contributed by atoms with Crippen molar-refractivity contribution in [1.29, 1.82) is 0 Å². The zero-order valence-corrected chi connectivity index (χ0v) is 14.9. The van der Waals surface area contributed by atoms with E-state index >= 15 is 0 Å². The van der Waals surface area contributed by atoms with Crippen LogP contribution in [0, 0.1) is 0 Å². The van der Waals surface area contributed by atoms with Gasteiger partial charge in [0.1, 0.15) is 5.75 Å². The Kier molecular flexibility index (Phi) is 5.80. The standard InChI is InChI=1S/C14H12Cl2N2O3S2/c1-2-5-23(20,21)8-13(19)18-14-17-12(7-22-14)10-4-3-9(15)6-11(10)16/h2-4,6-7H,1,5,8H2,(H,17,18,19). The molecular weight excluding hydrogens is 379 g/mol. The van der Waals surface area contributed by atoms with E-state index < -0.39 is 21.5 Å². The number of nitrogens with zero attached hydrogens (tertiary/aromatic N) is 1. The highest BCUT2D eigenvalue weighted by Gasteiger charge is 2.17. The summed E-state index contributed by atoms with van der Waals surface area (Å²) >= 11 is 13.1. The van der Waals surface area contributed by atoms with Crippen molar-refractivity contribution in [2.24, 2.45) is 0 Å². The predicted molar refractivity (Wildman–Crippen MR) is 95.1 cm³/mol. The molecule has 0 saturated heterocycles. The first-order valence-electron chi connectivity index (χ1n) is 6.33. The first-order chi connectivity index (χ1) is 10.8. The van der Waals surface area contributed by atoms with Crippen molar-refractivity contribution in [1.82, 2.24) is 4.98 Å². The summed E-state index contributed by atoms with van der Waals surface area (Å²) < 4.78 is 23.1. The number of carbonyl (C=O) groups is 1. The lowest BCUT2D eigenvalue weighted by Gasteiger charge is -2.02. The van der Waals surface area contributed by atoms with Gasteiger partial charge >= 0.3 is 0 Å². The van der Waals surface area contributed by atoms with Gasteiger partial charge in [-0.05, 0) is 18.2 Å². The molecule has 0 atom stereocenters. The number of hydrogen-bond acceptors (Lipinski definition) is 5. The molecule has 0 aliphatic heterocycles. The summed E-state index contributed by atoms with van der Waals surface area (Å²) in [6, 6.07) is 5.00. The first kappa shape index (κ1) is 17.9. The van der Waals surface area contributed by atoms with Gasteiger partial charge in [0, 0.05) is 16.0 Å². The Morgan fingerprint density at radius 1 is 1.39 bits per heavy atom. The van der Waals surface area contributed by atoms with Crippen molar-refractivity contribution in [2.45, 2.75) is 0 Å². The molecule has 1 aromatic carbocycles. The fraction of sp³-hybridized carbons (Fsp3) is 0.143. The van der Waals surface area contributed by atoms with Crippen LogP contribution in [0.15, 0.2) is 36.2 Å². The van der Waals surface area contributed by atoms with E-state index in [0.717, 1.165) is 0 Å². The van der Waals surface area contributed by atoms with Crippen LogP contribution < -0.4 is 5.32 Å². The van der Waals surface area contributed by atoms with Gasteiger partial charge in [-0.2, -0.15) is 0 Å². The van der Waals surface area contributed by atoms with Gasteiger partial charge in [-0.25, -0.2) is 13.4 Å². The second-order valence-electron chi connectivity index (χ2n) is 4.55. The second-order valence-corrected chi connectivity index (χ2v) is 8.36. The largest absolute Gasteiger partial charge is 0.301 e. The number of thiazole rings is 1. The van der Waals surface area contributed by atoms with Crippen LogP contribution in [-0.2, 0) is 14.6 Å². The molecule has 122 valence electrons. The Morgan fingerprint density at radius 3 is 2.78 bits per heavy atom. The molecule has 1 N–H and O–H groups in total. The van der Waals surface area contributed by atoms with E-state index in [1.54, 1.807) is 23.6 Å². The molecule has 1 amide bonds. The SMILES string of the molecule is C=CCS(=O)(=O)CC(=O)Nc1nc(-c2ccc(Cl)cc2Cl)cs1. The highest BCUT2D eigenvalue weighted by molar-refractivity contribution is 7.92. The van der Waals surface area contributed by atoms with Gasteiger partial charge < -0.3 is 5.32 Å². The van der Waals surface area contributed by atoms with Crippen LogP contribution in [0.4, 0.5) is 5.13 Å². The highest BCUT2D eigenvalue weighted by Crippen LogP contribution is 2.32. The maximum Gasteiger partial charge on any atom is 0.241 e. The second kappa shape index (κ2) is 7.44. The summed E-state index contributed by atoms with van der Waals surface area (Å²) in [5.74, 6) is -1.51. The first-order valence-corrected chi connectivity index (χ1v) is 9.78. The number of amides is 1. The third-order valence-corrected chi connectivity index (χ3v) is 5.43. The topological polar surface area (TPSA) is 76.1 Å². The maximum absolute atomic E-state index is 11.8. The number of hydrogen-bond donors (Lipinski definition) is 1.